The summed E-state index contributed by atoms with van der Waals surface area (Å²) in [5, 5.41) is 0. The van der Waals surface area contributed by atoms with E-state index in [0.29, 0.717) is 6.61 Å². The standard InChI is InChI=1S/C11H11F2NO3/c12-9-8(3-4-14-10(9)13)11(15)17-6-7-2-1-5-16-7/h3-4,7H,1-2,5-6H2. The third kappa shape index (κ3) is 2.76. The Bertz CT molecular complexity index is 419. The molecule has 17 heavy (non-hydrogen) atoms. The van der Waals surface area contributed by atoms with Crippen LogP contribution in [-0.4, -0.2) is 30.3 Å². The Labute approximate surface area is 96.6 Å². The molecule has 0 N–H and O–H groups in total. The van der Waals surface area contributed by atoms with Gasteiger partial charge in [0.25, 0.3) is 0 Å². The zero-order valence-electron chi connectivity index (χ0n) is 8.99. The quantitative estimate of drug-likeness (QED) is 0.598. The van der Waals surface area contributed by atoms with Gasteiger partial charge in [0.15, 0.2) is 5.82 Å². The van der Waals surface area contributed by atoms with Crippen LogP contribution in [-0.2, 0) is 9.47 Å². The summed E-state index contributed by atoms with van der Waals surface area (Å²) < 4.78 is 36.0. The van der Waals surface area contributed by atoms with E-state index in [-0.39, 0.29) is 12.7 Å². The predicted molar refractivity (Wildman–Crippen MR) is 53.4 cm³/mol. The molecule has 1 saturated heterocycles. The minimum atomic E-state index is -1.31. The van der Waals surface area contributed by atoms with Crippen molar-refractivity contribution in [2.45, 2.75) is 18.9 Å². The smallest absolute Gasteiger partial charge is 0.341 e. The summed E-state index contributed by atoms with van der Waals surface area (Å²) in [4.78, 5) is 14.5. The first-order chi connectivity index (χ1) is 8.18. The zero-order chi connectivity index (χ0) is 12.3. The Kier molecular flexibility index (Phi) is 3.63. The second kappa shape index (κ2) is 5.18. The molecule has 0 aromatic carbocycles. The summed E-state index contributed by atoms with van der Waals surface area (Å²) in [6.07, 6.45) is 2.59. The van der Waals surface area contributed by atoms with E-state index in [2.05, 4.69) is 4.98 Å². The molecule has 0 bridgehead atoms. The van der Waals surface area contributed by atoms with Gasteiger partial charge in [-0.15, -0.1) is 0 Å². The fourth-order valence-electron chi connectivity index (χ4n) is 1.60. The molecule has 1 aromatic heterocycles. The Hall–Kier alpha value is -1.56. The van der Waals surface area contributed by atoms with Crippen molar-refractivity contribution < 1.29 is 23.0 Å². The van der Waals surface area contributed by atoms with Crippen LogP contribution in [0, 0.1) is 11.8 Å². The highest BCUT2D eigenvalue weighted by Crippen LogP contribution is 2.14. The summed E-state index contributed by atoms with van der Waals surface area (Å²) in [7, 11) is 0. The molecule has 0 aliphatic carbocycles. The number of ether oxygens (including phenoxy) is 2. The predicted octanol–water partition coefficient (Wildman–Crippen LogP) is 1.70. The maximum Gasteiger partial charge on any atom is 0.341 e. The number of carbonyl (C=O) groups is 1. The van der Waals surface area contributed by atoms with Gasteiger partial charge in [-0.2, -0.15) is 4.39 Å². The molecule has 0 spiro atoms. The van der Waals surface area contributed by atoms with Gasteiger partial charge in [-0.3, -0.25) is 0 Å². The highest BCUT2D eigenvalue weighted by Gasteiger charge is 2.21. The molecule has 1 aliphatic heterocycles. The van der Waals surface area contributed by atoms with Gasteiger partial charge in [-0.05, 0) is 18.9 Å². The molecule has 0 amide bonds. The normalized spacial score (nSPS) is 19.3. The largest absolute Gasteiger partial charge is 0.459 e. The van der Waals surface area contributed by atoms with E-state index in [1.807, 2.05) is 0 Å². The average molecular weight is 243 g/mol. The number of aromatic nitrogens is 1. The minimum absolute atomic E-state index is 0.0578. The van der Waals surface area contributed by atoms with Gasteiger partial charge in [-0.1, -0.05) is 0 Å². The molecule has 2 rings (SSSR count). The molecule has 1 aliphatic rings. The number of esters is 1. The third-order valence-electron chi connectivity index (χ3n) is 2.49. The Morgan fingerprint density at radius 2 is 2.41 bits per heavy atom. The van der Waals surface area contributed by atoms with Crippen LogP contribution in [0.2, 0.25) is 0 Å². The lowest BCUT2D eigenvalue weighted by Crippen LogP contribution is -2.19. The molecule has 1 unspecified atom stereocenters. The number of carbonyl (C=O) groups excluding carboxylic acids is 1. The first-order valence-electron chi connectivity index (χ1n) is 5.27. The Balaban J connectivity index is 1.97. The van der Waals surface area contributed by atoms with Gasteiger partial charge in [-0.25, -0.2) is 14.2 Å². The van der Waals surface area contributed by atoms with Crippen molar-refractivity contribution in [2.75, 3.05) is 13.2 Å². The highest BCUT2D eigenvalue weighted by atomic mass is 19.2. The summed E-state index contributed by atoms with van der Waals surface area (Å²) in [6.45, 7) is 0.697. The van der Waals surface area contributed by atoms with E-state index >= 15 is 0 Å². The Morgan fingerprint density at radius 1 is 1.59 bits per heavy atom. The van der Waals surface area contributed by atoms with Gasteiger partial charge < -0.3 is 9.47 Å². The van der Waals surface area contributed by atoms with E-state index in [1.54, 1.807) is 0 Å². The molecular formula is C11H11F2NO3. The molecule has 0 radical (unpaired) electrons. The van der Waals surface area contributed by atoms with E-state index in [1.165, 1.54) is 0 Å². The maximum atomic E-state index is 13.2. The first kappa shape index (κ1) is 11.9. The number of nitrogens with zero attached hydrogens (tertiary/aromatic N) is 1. The van der Waals surface area contributed by atoms with Crippen LogP contribution in [0.15, 0.2) is 12.3 Å². The van der Waals surface area contributed by atoms with Crippen LogP contribution < -0.4 is 0 Å². The van der Waals surface area contributed by atoms with Crippen molar-refractivity contribution in [1.82, 2.24) is 4.98 Å². The third-order valence-corrected chi connectivity index (χ3v) is 2.49. The van der Waals surface area contributed by atoms with E-state index in [0.717, 1.165) is 25.1 Å². The molecule has 1 atom stereocenters. The number of halogens is 2. The van der Waals surface area contributed by atoms with Crippen LogP contribution in [0.4, 0.5) is 8.78 Å². The summed E-state index contributed by atoms with van der Waals surface area (Å²) in [5.41, 5.74) is -0.449. The Morgan fingerprint density at radius 3 is 3.12 bits per heavy atom. The van der Waals surface area contributed by atoms with Crippen molar-refractivity contribution >= 4 is 5.97 Å². The van der Waals surface area contributed by atoms with Crippen molar-refractivity contribution in [3.8, 4) is 0 Å². The molecule has 6 heteroatoms. The lowest BCUT2D eigenvalue weighted by atomic mass is 10.2. The second-order valence-electron chi connectivity index (χ2n) is 3.70. The van der Waals surface area contributed by atoms with E-state index in [4.69, 9.17) is 9.47 Å². The van der Waals surface area contributed by atoms with Crippen LogP contribution in [0.25, 0.3) is 0 Å². The second-order valence-corrected chi connectivity index (χ2v) is 3.70. The molecule has 1 fully saturated rings. The molecule has 1 aromatic rings. The molecule has 0 saturated carbocycles. The summed E-state index contributed by atoms with van der Waals surface area (Å²) in [5.74, 6) is -3.50. The van der Waals surface area contributed by atoms with Gasteiger partial charge in [0.1, 0.15) is 12.2 Å². The van der Waals surface area contributed by atoms with Gasteiger partial charge in [0, 0.05) is 12.8 Å². The average Bonchev–Trinajstić information content (AvgIpc) is 2.82. The van der Waals surface area contributed by atoms with Crippen LogP contribution in [0.3, 0.4) is 0 Å². The minimum Gasteiger partial charge on any atom is -0.459 e. The van der Waals surface area contributed by atoms with Gasteiger partial charge in [0.05, 0.1) is 6.10 Å². The lowest BCUT2D eigenvalue weighted by molar-refractivity contribution is 0.0156. The summed E-state index contributed by atoms with van der Waals surface area (Å²) in [6, 6.07) is 1.08. The van der Waals surface area contributed by atoms with Gasteiger partial charge >= 0.3 is 5.97 Å². The van der Waals surface area contributed by atoms with E-state index in [9.17, 15) is 13.6 Å². The lowest BCUT2D eigenvalue weighted by Gasteiger charge is -2.10. The fourth-order valence-corrected chi connectivity index (χ4v) is 1.60. The number of hydrogen-bond acceptors (Lipinski definition) is 4. The van der Waals surface area contributed by atoms with Crippen molar-refractivity contribution in [3.05, 3.63) is 29.6 Å². The number of rotatable bonds is 3. The van der Waals surface area contributed by atoms with Crippen LogP contribution >= 0.6 is 0 Å². The molecular weight excluding hydrogens is 232 g/mol. The number of pyridine rings is 1. The topological polar surface area (TPSA) is 48.4 Å². The van der Waals surface area contributed by atoms with Crippen molar-refractivity contribution in [3.63, 3.8) is 0 Å². The molecule has 2 heterocycles. The van der Waals surface area contributed by atoms with Crippen molar-refractivity contribution in [2.24, 2.45) is 0 Å². The zero-order valence-corrected chi connectivity index (χ0v) is 8.99. The van der Waals surface area contributed by atoms with Gasteiger partial charge in [0.2, 0.25) is 5.95 Å². The van der Waals surface area contributed by atoms with Crippen LogP contribution in [0.1, 0.15) is 23.2 Å². The molecule has 4 nitrogen and oxygen atoms in total. The van der Waals surface area contributed by atoms with Crippen molar-refractivity contribution in [1.29, 1.82) is 0 Å². The monoisotopic (exact) mass is 243 g/mol. The van der Waals surface area contributed by atoms with E-state index < -0.39 is 23.3 Å². The van der Waals surface area contributed by atoms with Crippen LogP contribution in [0.5, 0.6) is 0 Å². The summed E-state index contributed by atoms with van der Waals surface area (Å²) >= 11 is 0. The maximum absolute atomic E-state index is 13.2. The fraction of sp³-hybridized carbons (Fsp3) is 0.455. The molecule has 92 valence electrons. The highest BCUT2D eigenvalue weighted by molar-refractivity contribution is 5.89. The first-order valence-corrected chi connectivity index (χ1v) is 5.27. The SMILES string of the molecule is O=C(OCC1CCCO1)c1ccnc(F)c1F. The number of hydrogen-bond donors (Lipinski definition) is 0.